The highest BCUT2D eigenvalue weighted by Gasteiger charge is 2.13. The maximum Gasteiger partial charge on any atom is 0.271 e. The van der Waals surface area contributed by atoms with Gasteiger partial charge in [-0.1, -0.05) is 12.1 Å². The highest BCUT2D eigenvalue weighted by Crippen LogP contribution is 2.12. The van der Waals surface area contributed by atoms with Crippen molar-refractivity contribution in [1.82, 2.24) is 5.43 Å². The number of benzene rings is 2. The molecular weight excluding hydrogens is 472 g/mol. The van der Waals surface area contributed by atoms with E-state index in [9.17, 15) is 9.59 Å². The van der Waals surface area contributed by atoms with Crippen molar-refractivity contribution in [2.75, 3.05) is 26.1 Å². The number of halogens is 1. The van der Waals surface area contributed by atoms with E-state index >= 15 is 0 Å². The van der Waals surface area contributed by atoms with Crippen molar-refractivity contribution in [2.24, 2.45) is 5.10 Å². The summed E-state index contributed by atoms with van der Waals surface area (Å²) in [6, 6.07) is 18.1. The highest BCUT2D eigenvalue weighted by atomic mass is 79.9. The molecule has 3 rings (SSSR count). The number of pyridine rings is 1. The molecule has 7 nitrogen and oxygen atoms in total. The summed E-state index contributed by atoms with van der Waals surface area (Å²) in [5.41, 5.74) is 5.54. The second-order valence-electron chi connectivity index (χ2n) is 7.10. The smallest absolute Gasteiger partial charge is 0.271 e. The minimum Gasteiger partial charge on any atom is -1.00 e. The topological polar surface area (TPSA) is 74.9 Å². The van der Waals surface area contributed by atoms with Crippen molar-refractivity contribution in [3.05, 3.63) is 89.7 Å². The van der Waals surface area contributed by atoms with Gasteiger partial charge >= 0.3 is 0 Å². The van der Waals surface area contributed by atoms with Crippen molar-refractivity contribution in [3.8, 4) is 5.75 Å². The molecule has 0 aliphatic carbocycles. The van der Waals surface area contributed by atoms with Crippen LogP contribution in [0.1, 0.15) is 26.3 Å². The Balaban J connectivity index is 0.00000363. The van der Waals surface area contributed by atoms with Crippen molar-refractivity contribution in [2.45, 2.75) is 6.54 Å². The lowest BCUT2D eigenvalue weighted by Crippen LogP contribution is -3.00. The molecule has 0 bridgehead atoms. The fourth-order valence-electron chi connectivity index (χ4n) is 2.84. The van der Waals surface area contributed by atoms with Gasteiger partial charge in [0.2, 0.25) is 12.3 Å². The number of anilines is 1. The number of hydrazone groups is 1. The van der Waals surface area contributed by atoms with E-state index in [4.69, 9.17) is 4.74 Å². The lowest BCUT2D eigenvalue weighted by molar-refractivity contribution is -0.683. The summed E-state index contributed by atoms with van der Waals surface area (Å²) in [4.78, 5) is 26.7. The third-order valence-corrected chi connectivity index (χ3v) is 4.68. The van der Waals surface area contributed by atoms with E-state index in [2.05, 4.69) is 10.5 Å². The van der Waals surface area contributed by atoms with Gasteiger partial charge in [-0.15, -0.1) is 0 Å². The fourth-order valence-corrected chi connectivity index (χ4v) is 2.84. The first-order chi connectivity index (χ1) is 15.0. The Labute approximate surface area is 198 Å². The predicted octanol–water partition coefficient (Wildman–Crippen LogP) is -0.300. The molecule has 0 radical (unpaired) electrons. The van der Waals surface area contributed by atoms with E-state index in [1.807, 2.05) is 43.3 Å². The summed E-state index contributed by atoms with van der Waals surface area (Å²) in [6.07, 6.45) is 4.98. The summed E-state index contributed by atoms with van der Waals surface area (Å²) in [6.45, 7) is 0.176. The van der Waals surface area contributed by atoms with E-state index in [0.29, 0.717) is 16.9 Å². The zero-order valence-electron chi connectivity index (χ0n) is 18.2. The lowest BCUT2D eigenvalue weighted by Gasteiger charge is -2.11. The van der Waals surface area contributed by atoms with Gasteiger partial charge < -0.3 is 26.6 Å². The Morgan fingerprint density at radius 3 is 2.16 bits per heavy atom. The number of amides is 1. The number of rotatable bonds is 8. The molecule has 0 spiro atoms. The maximum atomic E-state index is 12.4. The zero-order chi connectivity index (χ0) is 22.2. The van der Waals surface area contributed by atoms with Gasteiger partial charge in [-0.3, -0.25) is 9.59 Å². The standard InChI is InChI=1S/C24H24N4O3.BrH/c1-27(2)21-8-4-18(5-9-21)16-25-26-24(30)20-12-14-28(15-13-20)17-23(29)19-6-10-22(31-3)11-7-19;/h4-16H,17H2,1-3H3;1H. The molecular formula is C24H25BrN4O3. The predicted molar refractivity (Wildman–Crippen MR) is 120 cm³/mol. The number of Topliss-reactive ketones (excluding diaryl/α,β-unsaturated/α-hetero) is 1. The molecule has 0 saturated heterocycles. The lowest BCUT2D eigenvalue weighted by atomic mass is 10.1. The minimum atomic E-state index is -0.324. The zero-order valence-corrected chi connectivity index (χ0v) is 19.7. The summed E-state index contributed by atoms with van der Waals surface area (Å²) < 4.78 is 6.82. The average molecular weight is 497 g/mol. The first kappa shape index (κ1) is 24.7. The van der Waals surface area contributed by atoms with Gasteiger partial charge in [0.15, 0.2) is 12.4 Å². The normalized spacial score (nSPS) is 10.3. The Hall–Kier alpha value is -3.52. The SMILES string of the molecule is COc1ccc(C(=O)C[n+]2ccc(C(=O)N/N=C/c3ccc(N(C)C)cc3)cc2)cc1.[Br-]. The first-order valence-corrected chi connectivity index (χ1v) is 9.73. The summed E-state index contributed by atoms with van der Waals surface area (Å²) >= 11 is 0. The van der Waals surface area contributed by atoms with Gasteiger partial charge in [-0.25, -0.2) is 5.43 Å². The Bertz CT molecular complexity index is 1060. The Morgan fingerprint density at radius 1 is 0.969 bits per heavy atom. The van der Waals surface area contributed by atoms with Crippen LogP contribution < -0.4 is 36.6 Å². The molecule has 8 heteroatoms. The van der Waals surface area contributed by atoms with Crippen LogP contribution in [0.2, 0.25) is 0 Å². The molecule has 0 unspecified atom stereocenters. The van der Waals surface area contributed by atoms with Gasteiger partial charge in [0, 0.05) is 37.5 Å². The van der Waals surface area contributed by atoms with E-state index < -0.39 is 0 Å². The molecule has 32 heavy (non-hydrogen) atoms. The van der Waals surface area contributed by atoms with Gasteiger partial charge in [0.1, 0.15) is 5.75 Å². The number of carbonyl (C=O) groups is 2. The minimum absolute atomic E-state index is 0. The van der Waals surface area contributed by atoms with Gasteiger partial charge in [0.25, 0.3) is 5.91 Å². The second-order valence-corrected chi connectivity index (χ2v) is 7.10. The van der Waals surface area contributed by atoms with Crippen LogP contribution in [0.4, 0.5) is 5.69 Å². The van der Waals surface area contributed by atoms with E-state index in [-0.39, 0.29) is 35.2 Å². The molecule has 1 N–H and O–H groups in total. The number of methoxy groups -OCH3 is 1. The Morgan fingerprint density at radius 2 is 1.59 bits per heavy atom. The van der Waals surface area contributed by atoms with E-state index in [1.54, 1.807) is 66.7 Å². The van der Waals surface area contributed by atoms with E-state index in [0.717, 1.165) is 11.3 Å². The molecule has 1 heterocycles. The third-order valence-electron chi connectivity index (χ3n) is 4.68. The quantitative estimate of drug-likeness (QED) is 0.201. The molecule has 0 aliphatic heterocycles. The van der Waals surface area contributed by atoms with Crippen LogP contribution in [-0.4, -0.2) is 39.1 Å². The number of hydrogen-bond acceptors (Lipinski definition) is 5. The summed E-state index contributed by atoms with van der Waals surface area (Å²) in [5.74, 6) is 0.345. The molecule has 1 aromatic heterocycles. The Kier molecular flexibility index (Phi) is 9.09. The monoisotopic (exact) mass is 496 g/mol. The molecule has 1 amide bonds. The van der Waals surface area contributed by atoms with Gasteiger partial charge in [-0.2, -0.15) is 9.67 Å². The van der Waals surface area contributed by atoms with Crippen LogP contribution in [0.3, 0.4) is 0 Å². The van der Waals surface area contributed by atoms with Crippen molar-refractivity contribution < 1.29 is 35.9 Å². The average Bonchev–Trinajstić information content (AvgIpc) is 2.80. The number of carbonyl (C=O) groups excluding carboxylic acids is 2. The maximum absolute atomic E-state index is 12.4. The van der Waals surface area contributed by atoms with E-state index in [1.165, 1.54) is 0 Å². The van der Waals surface area contributed by atoms with Crippen molar-refractivity contribution in [3.63, 3.8) is 0 Å². The number of nitrogens with one attached hydrogen (secondary N) is 1. The summed E-state index contributed by atoms with van der Waals surface area (Å²) in [5, 5.41) is 4.01. The third kappa shape index (κ3) is 6.75. The number of aromatic nitrogens is 1. The van der Waals surface area contributed by atoms with Crippen LogP contribution in [0.15, 0.2) is 78.2 Å². The molecule has 166 valence electrons. The number of ketones is 1. The summed E-state index contributed by atoms with van der Waals surface area (Å²) in [7, 11) is 5.53. The van der Waals surface area contributed by atoms with Crippen LogP contribution in [0.5, 0.6) is 5.75 Å². The number of nitrogens with zero attached hydrogens (tertiary/aromatic N) is 3. The molecule has 0 atom stereocenters. The highest BCUT2D eigenvalue weighted by molar-refractivity contribution is 5.95. The van der Waals surface area contributed by atoms with Gasteiger partial charge in [-0.05, 0) is 42.0 Å². The molecule has 3 aromatic rings. The van der Waals surface area contributed by atoms with Gasteiger partial charge in [0.05, 0.1) is 18.9 Å². The van der Waals surface area contributed by atoms with Crippen molar-refractivity contribution >= 4 is 23.6 Å². The molecule has 2 aromatic carbocycles. The molecule has 0 aliphatic rings. The number of hydrogen-bond donors (Lipinski definition) is 1. The largest absolute Gasteiger partial charge is 1.00 e. The number of ether oxygens (including phenoxy) is 1. The second kappa shape index (κ2) is 11.8. The van der Waals surface area contributed by atoms with Crippen LogP contribution in [-0.2, 0) is 6.54 Å². The first-order valence-electron chi connectivity index (χ1n) is 9.73. The van der Waals surface area contributed by atoms with Crippen LogP contribution >= 0.6 is 0 Å². The van der Waals surface area contributed by atoms with Crippen LogP contribution in [0, 0.1) is 0 Å². The van der Waals surface area contributed by atoms with Crippen molar-refractivity contribution in [1.29, 1.82) is 0 Å². The molecule has 0 saturated carbocycles. The molecule has 0 fully saturated rings. The fraction of sp³-hybridized carbons (Fsp3) is 0.167. The van der Waals surface area contributed by atoms with Crippen LogP contribution in [0.25, 0.3) is 0 Å².